The minimum Gasteiger partial charge on any atom is -0.394 e. The standard InChI is InChI=1S/C14H21N3O6/c1-3-4-10(19)16(2)9-5-6-17(14(22)15-9)13-12(21)11(20)8(7-18)23-13/h5-6,8,11-13,18,20-21H,3-4,7H2,1-2H3/t8-,11-,12+,13-/m1/s1. The fraction of sp³-hybridized carbons (Fsp3) is 0.643. The molecule has 4 atom stereocenters. The lowest BCUT2D eigenvalue weighted by atomic mass is 10.1. The van der Waals surface area contributed by atoms with Gasteiger partial charge in [0.2, 0.25) is 5.91 Å². The van der Waals surface area contributed by atoms with E-state index in [-0.39, 0.29) is 11.7 Å². The Bertz CT molecular complexity index is 619. The number of carbonyl (C=O) groups excluding carboxylic acids is 1. The van der Waals surface area contributed by atoms with Crippen molar-refractivity contribution in [1.29, 1.82) is 0 Å². The Hall–Kier alpha value is -1.81. The molecule has 1 aromatic rings. The molecule has 1 saturated heterocycles. The van der Waals surface area contributed by atoms with Crippen LogP contribution in [0.25, 0.3) is 0 Å². The fourth-order valence-electron chi connectivity index (χ4n) is 2.40. The van der Waals surface area contributed by atoms with E-state index in [9.17, 15) is 19.8 Å². The highest BCUT2D eigenvalue weighted by Gasteiger charge is 2.43. The van der Waals surface area contributed by atoms with Crippen LogP contribution in [0, 0.1) is 0 Å². The van der Waals surface area contributed by atoms with Gasteiger partial charge < -0.3 is 20.1 Å². The maximum Gasteiger partial charge on any atom is 0.351 e. The molecule has 1 aliphatic heterocycles. The normalized spacial score (nSPS) is 27.2. The molecule has 1 amide bonds. The molecular formula is C14H21N3O6. The molecule has 2 heterocycles. The van der Waals surface area contributed by atoms with Gasteiger partial charge in [0, 0.05) is 19.7 Å². The summed E-state index contributed by atoms with van der Waals surface area (Å²) in [5.41, 5.74) is -0.728. The van der Waals surface area contributed by atoms with Crippen molar-refractivity contribution in [3.63, 3.8) is 0 Å². The van der Waals surface area contributed by atoms with Crippen LogP contribution >= 0.6 is 0 Å². The Kier molecular flexibility index (Phi) is 5.47. The third-order valence-corrected chi connectivity index (χ3v) is 3.79. The maximum atomic E-state index is 12.1. The van der Waals surface area contributed by atoms with Crippen molar-refractivity contribution in [2.75, 3.05) is 18.6 Å². The Morgan fingerprint density at radius 1 is 1.43 bits per heavy atom. The molecule has 0 spiro atoms. The van der Waals surface area contributed by atoms with Crippen LogP contribution in [0.15, 0.2) is 17.1 Å². The first-order valence-corrected chi connectivity index (χ1v) is 7.38. The quantitative estimate of drug-likeness (QED) is 0.608. The van der Waals surface area contributed by atoms with Gasteiger partial charge in [-0.05, 0) is 12.5 Å². The second-order valence-electron chi connectivity index (χ2n) is 5.41. The SMILES string of the molecule is CCCC(=O)N(C)c1ccn([C@@H]2O[C@H](CO)[C@@H](O)[C@@H]2O)c(=O)n1. The monoisotopic (exact) mass is 327 g/mol. The second kappa shape index (κ2) is 7.18. The summed E-state index contributed by atoms with van der Waals surface area (Å²) in [5.74, 6) is 0.0292. The number of nitrogens with zero attached hydrogens (tertiary/aromatic N) is 3. The minimum atomic E-state index is -1.36. The molecule has 1 fully saturated rings. The summed E-state index contributed by atoms with van der Waals surface area (Å²) in [7, 11) is 1.52. The summed E-state index contributed by atoms with van der Waals surface area (Å²) in [4.78, 5) is 29.1. The zero-order valence-electron chi connectivity index (χ0n) is 13.0. The van der Waals surface area contributed by atoms with Gasteiger partial charge in [0.1, 0.15) is 24.1 Å². The van der Waals surface area contributed by atoms with Crippen LogP contribution < -0.4 is 10.6 Å². The zero-order chi connectivity index (χ0) is 17.1. The van der Waals surface area contributed by atoms with E-state index in [1.165, 1.54) is 24.2 Å². The van der Waals surface area contributed by atoms with Gasteiger partial charge in [0.15, 0.2) is 6.23 Å². The average molecular weight is 327 g/mol. The van der Waals surface area contributed by atoms with Crippen LogP contribution in [0.3, 0.4) is 0 Å². The van der Waals surface area contributed by atoms with Crippen LogP contribution in [-0.4, -0.2) is 62.7 Å². The van der Waals surface area contributed by atoms with Crippen LogP contribution in [0.2, 0.25) is 0 Å². The van der Waals surface area contributed by atoms with Gasteiger partial charge in [0.05, 0.1) is 6.61 Å². The maximum absolute atomic E-state index is 12.1. The second-order valence-corrected chi connectivity index (χ2v) is 5.41. The Morgan fingerprint density at radius 2 is 2.13 bits per heavy atom. The molecule has 0 saturated carbocycles. The van der Waals surface area contributed by atoms with Crippen LogP contribution in [-0.2, 0) is 9.53 Å². The number of aliphatic hydroxyl groups is 3. The topological polar surface area (TPSA) is 125 Å². The largest absolute Gasteiger partial charge is 0.394 e. The van der Waals surface area contributed by atoms with Crippen molar-refractivity contribution < 1.29 is 24.9 Å². The number of aromatic nitrogens is 2. The number of carbonyl (C=O) groups is 1. The lowest BCUT2D eigenvalue weighted by Gasteiger charge is -2.19. The molecular weight excluding hydrogens is 306 g/mol. The molecule has 1 aromatic heterocycles. The van der Waals surface area contributed by atoms with Gasteiger partial charge in [-0.3, -0.25) is 14.3 Å². The number of ether oxygens (including phenoxy) is 1. The van der Waals surface area contributed by atoms with Crippen molar-refractivity contribution >= 4 is 11.7 Å². The summed E-state index contributed by atoms with van der Waals surface area (Å²) >= 11 is 0. The highest BCUT2D eigenvalue weighted by atomic mass is 16.6. The van der Waals surface area contributed by atoms with Crippen molar-refractivity contribution in [2.45, 2.75) is 44.3 Å². The third-order valence-electron chi connectivity index (χ3n) is 3.79. The van der Waals surface area contributed by atoms with Crippen LogP contribution in [0.1, 0.15) is 26.0 Å². The third kappa shape index (κ3) is 3.42. The summed E-state index contributed by atoms with van der Waals surface area (Å²) in [6, 6.07) is 1.45. The van der Waals surface area contributed by atoms with Crippen LogP contribution in [0.5, 0.6) is 0 Å². The number of hydrogen-bond donors (Lipinski definition) is 3. The molecule has 128 valence electrons. The number of aliphatic hydroxyl groups excluding tert-OH is 3. The smallest absolute Gasteiger partial charge is 0.351 e. The molecule has 2 rings (SSSR count). The zero-order valence-corrected chi connectivity index (χ0v) is 13.0. The van der Waals surface area contributed by atoms with Gasteiger partial charge in [0.25, 0.3) is 0 Å². The summed E-state index contributed by atoms with van der Waals surface area (Å²) in [5, 5.41) is 28.7. The first-order valence-electron chi connectivity index (χ1n) is 7.38. The average Bonchev–Trinajstić information content (AvgIpc) is 2.82. The number of rotatable bonds is 5. The predicted octanol–water partition coefficient (Wildman–Crippen LogP) is -1.38. The van der Waals surface area contributed by atoms with Crippen molar-refractivity contribution in [2.24, 2.45) is 0 Å². The molecule has 0 aliphatic carbocycles. The Labute approximate surface area is 132 Å². The molecule has 0 bridgehead atoms. The Balaban J connectivity index is 2.24. The fourth-order valence-corrected chi connectivity index (χ4v) is 2.40. The van der Waals surface area contributed by atoms with E-state index in [2.05, 4.69) is 4.98 Å². The molecule has 23 heavy (non-hydrogen) atoms. The van der Waals surface area contributed by atoms with E-state index in [0.717, 1.165) is 4.57 Å². The van der Waals surface area contributed by atoms with Gasteiger partial charge in [-0.1, -0.05) is 6.92 Å². The molecule has 3 N–H and O–H groups in total. The molecule has 9 nitrogen and oxygen atoms in total. The molecule has 1 aliphatic rings. The van der Waals surface area contributed by atoms with Gasteiger partial charge in [-0.2, -0.15) is 4.98 Å². The lowest BCUT2D eigenvalue weighted by Crippen LogP contribution is -2.37. The van der Waals surface area contributed by atoms with Crippen molar-refractivity contribution in [3.05, 3.63) is 22.7 Å². The highest BCUT2D eigenvalue weighted by molar-refractivity contribution is 5.91. The van der Waals surface area contributed by atoms with E-state index in [1.54, 1.807) is 0 Å². The van der Waals surface area contributed by atoms with Gasteiger partial charge in [-0.15, -0.1) is 0 Å². The van der Waals surface area contributed by atoms with E-state index in [4.69, 9.17) is 9.84 Å². The molecule has 0 unspecified atom stereocenters. The summed E-state index contributed by atoms with van der Waals surface area (Å²) in [6.07, 6.45) is -2.43. The summed E-state index contributed by atoms with van der Waals surface area (Å²) in [6.45, 7) is 1.39. The predicted molar refractivity (Wildman–Crippen MR) is 79.8 cm³/mol. The number of anilines is 1. The van der Waals surface area contributed by atoms with Gasteiger partial charge >= 0.3 is 5.69 Å². The van der Waals surface area contributed by atoms with Crippen molar-refractivity contribution in [3.8, 4) is 0 Å². The van der Waals surface area contributed by atoms with Crippen molar-refractivity contribution in [1.82, 2.24) is 9.55 Å². The number of amides is 1. The van der Waals surface area contributed by atoms with Gasteiger partial charge in [-0.25, -0.2) is 4.79 Å². The van der Waals surface area contributed by atoms with E-state index in [0.29, 0.717) is 12.8 Å². The van der Waals surface area contributed by atoms with E-state index in [1.807, 2.05) is 6.92 Å². The Morgan fingerprint density at radius 3 is 2.65 bits per heavy atom. The molecule has 0 radical (unpaired) electrons. The minimum absolute atomic E-state index is 0.162. The van der Waals surface area contributed by atoms with E-state index >= 15 is 0 Å². The number of hydrogen-bond acceptors (Lipinski definition) is 7. The van der Waals surface area contributed by atoms with Crippen LogP contribution in [0.4, 0.5) is 5.82 Å². The van der Waals surface area contributed by atoms with E-state index < -0.39 is 36.8 Å². The summed E-state index contributed by atoms with van der Waals surface area (Å²) < 4.78 is 6.30. The highest BCUT2D eigenvalue weighted by Crippen LogP contribution is 2.28. The lowest BCUT2D eigenvalue weighted by molar-refractivity contribution is -0.118. The molecule has 9 heteroatoms. The first kappa shape index (κ1) is 17.5. The molecule has 0 aromatic carbocycles. The first-order chi connectivity index (χ1) is 10.9.